The van der Waals surface area contributed by atoms with Crippen LogP contribution in [0.5, 0.6) is 0 Å². The molecule has 1 aliphatic heterocycles. The minimum absolute atomic E-state index is 0.110. The van der Waals surface area contributed by atoms with Crippen LogP contribution in [-0.2, 0) is 9.59 Å². The predicted molar refractivity (Wildman–Crippen MR) is 67.6 cm³/mol. The van der Waals surface area contributed by atoms with E-state index in [1.165, 1.54) is 4.90 Å². The number of hydrogen-bond donors (Lipinski definition) is 2. The van der Waals surface area contributed by atoms with Crippen LogP contribution in [0.4, 0.5) is 5.82 Å². The molecule has 1 fully saturated rings. The fourth-order valence-corrected chi connectivity index (χ4v) is 1.88. The molecule has 2 rings (SSSR count). The number of carbonyl (C=O) groups excluding carboxylic acids is 3. The van der Waals surface area contributed by atoms with Gasteiger partial charge >= 0.3 is 0 Å². The maximum absolute atomic E-state index is 12.2. The van der Waals surface area contributed by atoms with Crippen molar-refractivity contribution in [2.45, 2.75) is 6.92 Å². The Balaban J connectivity index is 2.26. The lowest BCUT2D eigenvalue weighted by Crippen LogP contribution is -2.53. The second-order valence-corrected chi connectivity index (χ2v) is 4.27. The summed E-state index contributed by atoms with van der Waals surface area (Å²) in [5, 5.41) is 5.01. The molecule has 1 aliphatic rings. The Morgan fingerprint density at radius 3 is 2.53 bits per heavy atom. The fourth-order valence-electron chi connectivity index (χ4n) is 1.88. The van der Waals surface area contributed by atoms with Crippen molar-refractivity contribution in [2.24, 2.45) is 0 Å². The molecule has 0 bridgehead atoms. The average Bonchev–Trinajstić information content (AvgIpc) is 2.35. The number of hydrogen-bond acceptors (Lipinski definition) is 5. The molecule has 2 heterocycles. The molecule has 100 valence electrons. The van der Waals surface area contributed by atoms with E-state index in [4.69, 9.17) is 0 Å². The SMILES string of the molecule is CNc1cc(C(=O)N2CC(=O)NC(=O)C2)cc(C)n1. The molecule has 1 aromatic heterocycles. The van der Waals surface area contributed by atoms with Crippen LogP contribution in [0.15, 0.2) is 12.1 Å². The first-order chi connectivity index (χ1) is 8.99. The number of aryl methyl sites for hydroxylation is 1. The number of nitrogens with zero attached hydrogens (tertiary/aromatic N) is 2. The first kappa shape index (κ1) is 13.0. The van der Waals surface area contributed by atoms with E-state index in [0.29, 0.717) is 17.1 Å². The summed E-state index contributed by atoms with van der Waals surface area (Å²) in [6.07, 6.45) is 0. The van der Waals surface area contributed by atoms with Gasteiger partial charge in [0, 0.05) is 18.3 Å². The Morgan fingerprint density at radius 2 is 1.95 bits per heavy atom. The number of amides is 3. The lowest BCUT2D eigenvalue weighted by atomic mass is 10.2. The summed E-state index contributed by atoms with van der Waals surface area (Å²) in [5.41, 5.74) is 1.09. The van der Waals surface area contributed by atoms with Gasteiger partial charge < -0.3 is 10.2 Å². The first-order valence-electron chi connectivity index (χ1n) is 5.78. The van der Waals surface area contributed by atoms with E-state index in [1.807, 2.05) is 0 Å². The van der Waals surface area contributed by atoms with E-state index in [2.05, 4.69) is 15.6 Å². The lowest BCUT2D eigenvalue weighted by molar-refractivity contribution is -0.135. The Labute approximate surface area is 110 Å². The van der Waals surface area contributed by atoms with Gasteiger partial charge in [-0.1, -0.05) is 0 Å². The number of nitrogens with one attached hydrogen (secondary N) is 2. The molecule has 7 nitrogen and oxygen atoms in total. The van der Waals surface area contributed by atoms with E-state index in [9.17, 15) is 14.4 Å². The van der Waals surface area contributed by atoms with Crippen molar-refractivity contribution in [3.8, 4) is 0 Å². The minimum Gasteiger partial charge on any atom is -0.373 e. The summed E-state index contributed by atoms with van der Waals surface area (Å²) in [6, 6.07) is 3.21. The topological polar surface area (TPSA) is 91.4 Å². The highest BCUT2D eigenvalue weighted by molar-refractivity contribution is 6.05. The van der Waals surface area contributed by atoms with Gasteiger partial charge in [-0.2, -0.15) is 0 Å². The summed E-state index contributed by atoms with van der Waals surface area (Å²) < 4.78 is 0. The van der Waals surface area contributed by atoms with Crippen LogP contribution >= 0.6 is 0 Å². The molecule has 0 aromatic carbocycles. The molecule has 0 atom stereocenters. The highest BCUT2D eigenvalue weighted by Gasteiger charge is 2.27. The number of imide groups is 1. The highest BCUT2D eigenvalue weighted by atomic mass is 16.2. The summed E-state index contributed by atoms with van der Waals surface area (Å²) in [6.45, 7) is 1.55. The van der Waals surface area contributed by atoms with Gasteiger partial charge in [0.1, 0.15) is 18.9 Å². The van der Waals surface area contributed by atoms with Crippen molar-refractivity contribution < 1.29 is 14.4 Å². The summed E-state index contributed by atoms with van der Waals surface area (Å²) in [5.74, 6) is -0.727. The number of carbonyl (C=O) groups is 3. The molecule has 0 aliphatic carbocycles. The molecule has 7 heteroatoms. The average molecular weight is 262 g/mol. The molecule has 0 unspecified atom stereocenters. The third-order valence-electron chi connectivity index (χ3n) is 2.69. The fraction of sp³-hybridized carbons (Fsp3) is 0.333. The van der Waals surface area contributed by atoms with Crippen LogP contribution in [-0.4, -0.2) is 47.7 Å². The maximum atomic E-state index is 12.2. The van der Waals surface area contributed by atoms with Gasteiger partial charge in [0.15, 0.2) is 0 Å². The number of aromatic nitrogens is 1. The van der Waals surface area contributed by atoms with Gasteiger partial charge in [0.25, 0.3) is 5.91 Å². The Hall–Kier alpha value is -2.44. The minimum atomic E-state index is -0.468. The number of pyridine rings is 1. The van der Waals surface area contributed by atoms with Gasteiger partial charge in [-0.25, -0.2) is 4.98 Å². The van der Waals surface area contributed by atoms with Crippen LogP contribution < -0.4 is 10.6 Å². The standard InChI is InChI=1S/C12H14N4O3/c1-7-3-8(4-9(13-2)14-7)12(19)16-5-10(17)15-11(18)6-16/h3-4H,5-6H2,1-2H3,(H,13,14)(H,15,17,18). The predicted octanol–water partition coefficient (Wildman–Crippen LogP) is -0.470. The quantitative estimate of drug-likeness (QED) is 0.703. The molecule has 1 saturated heterocycles. The van der Waals surface area contributed by atoms with Crippen molar-refractivity contribution in [3.05, 3.63) is 23.4 Å². The van der Waals surface area contributed by atoms with Crippen LogP contribution in [0.2, 0.25) is 0 Å². The third kappa shape index (κ3) is 2.87. The van der Waals surface area contributed by atoms with Crippen molar-refractivity contribution in [3.63, 3.8) is 0 Å². The molecule has 2 N–H and O–H groups in total. The Bertz CT molecular complexity index is 540. The van der Waals surface area contributed by atoms with Gasteiger partial charge in [-0.3, -0.25) is 19.7 Å². The molecule has 0 saturated carbocycles. The molecule has 3 amide bonds. The second-order valence-electron chi connectivity index (χ2n) is 4.27. The van der Waals surface area contributed by atoms with Crippen LogP contribution in [0.1, 0.15) is 16.1 Å². The van der Waals surface area contributed by atoms with E-state index < -0.39 is 11.8 Å². The molecule has 0 radical (unpaired) electrons. The maximum Gasteiger partial charge on any atom is 0.254 e. The molecule has 1 aromatic rings. The summed E-state index contributed by atoms with van der Waals surface area (Å²) in [4.78, 5) is 40.2. The lowest BCUT2D eigenvalue weighted by Gasteiger charge is -2.25. The van der Waals surface area contributed by atoms with Crippen LogP contribution in [0.3, 0.4) is 0 Å². The Kier molecular flexibility index (Phi) is 3.46. The van der Waals surface area contributed by atoms with E-state index >= 15 is 0 Å². The van der Waals surface area contributed by atoms with Gasteiger partial charge in [-0.15, -0.1) is 0 Å². The normalized spacial score (nSPS) is 15.2. The van der Waals surface area contributed by atoms with Crippen molar-refractivity contribution in [1.29, 1.82) is 0 Å². The van der Waals surface area contributed by atoms with Crippen LogP contribution in [0.25, 0.3) is 0 Å². The van der Waals surface area contributed by atoms with E-state index in [-0.39, 0.29) is 19.0 Å². The number of rotatable bonds is 2. The zero-order chi connectivity index (χ0) is 14.0. The molecule has 19 heavy (non-hydrogen) atoms. The smallest absolute Gasteiger partial charge is 0.254 e. The second kappa shape index (κ2) is 5.05. The Morgan fingerprint density at radius 1 is 1.32 bits per heavy atom. The highest BCUT2D eigenvalue weighted by Crippen LogP contribution is 2.12. The van der Waals surface area contributed by atoms with Crippen molar-refractivity contribution in [2.75, 3.05) is 25.5 Å². The van der Waals surface area contributed by atoms with Gasteiger partial charge in [0.2, 0.25) is 11.8 Å². The van der Waals surface area contributed by atoms with Crippen molar-refractivity contribution in [1.82, 2.24) is 15.2 Å². The first-order valence-corrected chi connectivity index (χ1v) is 5.78. The zero-order valence-electron chi connectivity index (χ0n) is 10.7. The monoisotopic (exact) mass is 262 g/mol. The summed E-state index contributed by atoms with van der Waals surface area (Å²) in [7, 11) is 1.70. The van der Waals surface area contributed by atoms with Gasteiger partial charge in [-0.05, 0) is 19.1 Å². The van der Waals surface area contributed by atoms with E-state index in [1.54, 1.807) is 26.1 Å². The van der Waals surface area contributed by atoms with Crippen LogP contribution in [0, 0.1) is 6.92 Å². The number of piperazine rings is 1. The van der Waals surface area contributed by atoms with E-state index in [0.717, 1.165) is 0 Å². The molecular formula is C12H14N4O3. The third-order valence-corrected chi connectivity index (χ3v) is 2.69. The zero-order valence-corrected chi connectivity index (χ0v) is 10.7. The largest absolute Gasteiger partial charge is 0.373 e. The summed E-state index contributed by atoms with van der Waals surface area (Å²) >= 11 is 0. The molecular weight excluding hydrogens is 248 g/mol. The molecule has 0 spiro atoms. The number of anilines is 1. The van der Waals surface area contributed by atoms with Gasteiger partial charge in [0.05, 0.1) is 0 Å². The van der Waals surface area contributed by atoms with Crippen molar-refractivity contribution >= 4 is 23.5 Å².